The molecule has 2 heterocycles. The summed E-state index contributed by atoms with van der Waals surface area (Å²) in [5.41, 5.74) is 0.485. The third kappa shape index (κ3) is 5.72. The number of amides is 1. The number of rotatable bonds is 9. The van der Waals surface area contributed by atoms with E-state index in [1.54, 1.807) is 4.90 Å². The second-order valence-electron chi connectivity index (χ2n) is 10.5. The quantitative estimate of drug-likeness (QED) is 0.435. The minimum atomic E-state index is -1.50. The summed E-state index contributed by atoms with van der Waals surface area (Å²) in [6, 6.07) is 20.9. The number of aliphatic hydroxyl groups excluding tert-OH is 1. The van der Waals surface area contributed by atoms with Crippen LogP contribution in [0.2, 0.25) is 0 Å². The Morgan fingerprint density at radius 3 is 2.22 bits per heavy atom. The predicted octanol–water partition coefficient (Wildman–Crippen LogP) is 3.62. The van der Waals surface area contributed by atoms with E-state index in [4.69, 9.17) is 9.41 Å². The van der Waals surface area contributed by atoms with Crippen LogP contribution < -0.4 is 15.3 Å². The Morgan fingerprint density at radius 1 is 1.14 bits per heavy atom. The van der Waals surface area contributed by atoms with Gasteiger partial charge in [-0.15, -0.1) is 11.3 Å². The van der Waals surface area contributed by atoms with E-state index in [9.17, 15) is 9.90 Å². The van der Waals surface area contributed by atoms with Gasteiger partial charge >= 0.3 is 0 Å². The van der Waals surface area contributed by atoms with Gasteiger partial charge in [0.2, 0.25) is 0 Å². The largest absolute Gasteiger partial charge is 0.395 e. The van der Waals surface area contributed by atoms with E-state index in [2.05, 4.69) is 74.2 Å². The monoisotopic (exact) mass is 522 g/mol. The van der Waals surface area contributed by atoms with Gasteiger partial charge in [-0.1, -0.05) is 81.4 Å². The zero-order valence-corrected chi connectivity index (χ0v) is 23.5. The van der Waals surface area contributed by atoms with Crippen LogP contribution in [0.15, 0.2) is 66.0 Å². The lowest BCUT2D eigenvalue weighted by molar-refractivity contribution is 0.00492. The highest BCUT2D eigenvalue weighted by molar-refractivity contribution is 7.14. The van der Waals surface area contributed by atoms with Gasteiger partial charge in [0.1, 0.15) is 11.9 Å². The first-order valence-corrected chi connectivity index (χ1v) is 14.8. The molecule has 1 radical (unpaired) electrons. The molecule has 191 valence electrons. The third-order valence-corrected chi connectivity index (χ3v) is 9.72. The molecule has 1 N–H and O–H groups in total. The number of hydrogen-bond acceptors (Lipinski definition) is 6. The molecule has 0 spiro atoms. The van der Waals surface area contributed by atoms with Gasteiger partial charge in [-0.3, -0.25) is 4.79 Å². The van der Waals surface area contributed by atoms with E-state index in [-0.39, 0.29) is 30.2 Å². The Bertz CT molecular complexity index is 1090. The Morgan fingerprint density at radius 2 is 1.72 bits per heavy atom. The van der Waals surface area contributed by atoms with Crippen molar-refractivity contribution in [3.05, 3.63) is 71.7 Å². The molecular formula is C28H36N3O3SSi. The Hall–Kier alpha value is -2.52. The first kappa shape index (κ1) is 26.5. The lowest BCUT2D eigenvalue weighted by Crippen LogP contribution is -2.65. The van der Waals surface area contributed by atoms with Gasteiger partial charge in [0.25, 0.3) is 14.9 Å². The van der Waals surface area contributed by atoms with Crippen LogP contribution >= 0.6 is 11.3 Å². The molecule has 2 atom stereocenters. The van der Waals surface area contributed by atoms with Crippen molar-refractivity contribution < 1.29 is 14.3 Å². The van der Waals surface area contributed by atoms with Crippen molar-refractivity contribution in [3.63, 3.8) is 0 Å². The summed E-state index contributed by atoms with van der Waals surface area (Å²) in [5.74, 6) is 0.180. The highest BCUT2D eigenvalue weighted by Gasteiger charge is 2.49. The molecule has 1 aliphatic rings. The standard InChI is InChI=1S/C28H36N3O3SSi/c1-20(2)30(16-17-32)25(33)24-19-35-27(29-24)31-18-23(28(3,4)5)26(31)34-36(21-12-8-6-9-13-21)22-14-10-7-11-15-22/h6-15,19-20,23,26,32H,16-18H2,1-5H3. The second-order valence-corrected chi connectivity index (χ2v) is 13.4. The van der Waals surface area contributed by atoms with Crippen LogP contribution in [-0.4, -0.2) is 61.9 Å². The van der Waals surface area contributed by atoms with Gasteiger partial charge in [0, 0.05) is 30.4 Å². The smallest absolute Gasteiger partial charge is 0.285 e. The number of benzene rings is 2. The average molecular weight is 523 g/mol. The minimum Gasteiger partial charge on any atom is -0.395 e. The number of aromatic nitrogens is 1. The fraction of sp³-hybridized carbons (Fsp3) is 0.429. The molecule has 4 rings (SSSR count). The number of carbonyl (C=O) groups is 1. The molecule has 2 unspecified atom stereocenters. The molecule has 6 nitrogen and oxygen atoms in total. The van der Waals surface area contributed by atoms with Crippen molar-refractivity contribution in [1.82, 2.24) is 9.88 Å². The van der Waals surface area contributed by atoms with Crippen molar-refractivity contribution in [1.29, 1.82) is 0 Å². The Kier molecular flexibility index (Phi) is 8.29. The van der Waals surface area contributed by atoms with Crippen molar-refractivity contribution >= 4 is 41.8 Å². The highest BCUT2D eigenvalue weighted by atomic mass is 32.1. The predicted molar refractivity (Wildman–Crippen MR) is 148 cm³/mol. The molecule has 0 aliphatic carbocycles. The van der Waals surface area contributed by atoms with E-state index in [1.165, 1.54) is 21.7 Å². The highest BCUT2D eigenvalue weighted by Crippen LogP contribution is 2.43. The molecule has 3 aromatic rings. The van der Waals surface area contributed by atoms with Crippen molar-refractivity contribution in [2.75, 3.05) is 24.6 Å². The van der Waals surface area contributed by atoms with Crippen LogP contribution in [0, 0.1) is 11.3 Å². The Balaban J connectivity index is 1.63. The first-order valence-electron chi connectivity index (χ1n) is 12.5. The van der Waals surface area contributed by atoms with Crippen molar-refractivity contribution in [3.8, 4) is 0 Å². The van der Waals surface area contributed by atoms with E-state index in [0.717, 1.165) is 11.7 Å². The summed E-state index contributed by atoms with van der Waals surface area (Å²) in [5, 5.41) is 14.4. The van der Waals surface area contributed by atoms with Crippen LogP contribution in [0.5, 0.6) is 0 Å². The maximum atomic E-state index is 13.1. The summed E-state index contributed by atoms with van der Waals surface area (Å²) in [4.78, 5) is 21.7. The van der Waals surface area contributed by atoms with E-state index < -0.39 is 9.04 Å². The van der Waals surface area contributed by atoms with E-state index in [0.29, 0.717) is 18.2 Å². The Labute approximate surface area is 220 Å². The molecule has 1 aliphatic heterocycles. The maximum absolute atomic E-state index is 13.1. The summed E-state index contributed by atoms with van der Waals surface area (Å²) >= 11 is 1.48. The summed E-state index contributed by atoms with van der Waals surface area (Å²) < 4.78 is 7.02. The fourth-order valence-corrected chi connectivity index (χ4v) is 7.43. The van der Waals surface area contributed by atoms with Crippen LogP contribution in [0.3, 0.4) is 0 Å². The molecule has 0 bridgehead atoms. The van der Waals surface area contributed by atoms with Gasteiger partial charge in [-0.2, -0.15) is 0 Å². The number of thiazole rings is 1. The maximum Gasteiger partial charge on any atom is 0.285 e. The lowest BCUT2D eigenvalue weighted by Gasteiger charge is -2.53. The molecule has 1 fully saturated rings. The minimum absolute atomic E-state index is 0.0120. The summed E-state index contributed by atoms with van der Waals surface area (Å²) in [6.07, 6.45) is -0.132. The number of nitrogens with zero attached hydrogens (tertiary/aromatic N) is 3. The van der Waals surface area contributed by atoms with Crippen molar-refractivity contribution in [2.45, 2.75) is 46.9 Å². The zero-order valence-electron chi connectivity index (χ0n) is 21.7. The van der Waals surface area contributed by atoms with Gasteiger partial charge in [-0.05, 0) is 29.6 Å². The third-order valence-electron chi connectivity index (χ3n) is 6.65. The number of anilines is 1. The van der Waals surface area contributed by atoms with E-state index >= 15 is 0 Å². The first-order chi connectivity index (χ1) is 17.2. The number of hydrogen-bond donors (Lipinski definition) is 1. The van der Waals surface area contributed by atoms with Gasteiger partial charge in [-0.25, -0.2) is 4.98 Å². The average Bonchev–Trinajstić information content (AvgIpc) is 3.31. The van der Waals surface area contributed by atoms with Crippen molar-refractivity contribution in [2.24, 2.45) is 11.3 Å². The van der Waals surface area contributed by atoms with Gasteiger partial charge in [0.15, 0.2) is 5.13 Å². The van der Waals surface area contributed by atoms with Crippen LogP contribution in [0.1, 0.15) is 45.1 Å². The second kappa shape index (κ2) is 11.3. The summed E-state index contributed by atoms with van der Waals surface area (Å²) in [6.45, 7) is 11.7. The van der Waals surface area contributed by atoms with Gasteiger partial charge < -0.3 is 19.3 Å². The number of aliphatic hydroxyl groups is 1. The normalized spacial score (nSPS) is 17.9. The number of carbonyl (C=O) groups excluding carboxylic acids is 1. The molecule has 0 saturated carbocycles. The van der Waals surface area contributed by atoms with Crippen LogP contribution in [-0.2, 0) is 4.43 Å². The molecule has 8 heteroatoms. The molecule has 1 aromatic heterocycles. The van der Waals surface area contributed by atoms with Crippen LogP contribution in [0.25, 0.3) is 0 Å². The molecule has 1 amide bonds. The van der Waals surface area contributed by atoms with E-state index in [1.807, 2.05) is 31.4 Å². The molecular weight excluding hydrogens is 486 g/mol. The SMILES string of the molecule is CC(C)N(CCO)C(=O)c1csc(N2CC(C(C)(C)C)C2O[Si](c2ccccc2)c2ccccc2)n1. The molecule has 2 aromatic carbocycles. The lowest BCUT2D eigenvalue weighted by atomic mass is 9.74. The topological polar surface area (TPSA) is 65.9 Å². The fourth-order valence-electron chi connectivity index (χ4n) is 4.47. The molecule has 1 saturated heterocycles. The zero-order chi connectivity index (χ0) is 25.9. The summed E-state index contributed by atoms with van der Waals surface area (Å²) in [7, 11) is -1.50. The molecule has 36 heavy (non-hydrogen) atoms. The van der Waals surface area contributed by atoms with Gasteiger partial charge in [0.05, 0.1) is 6.61 Å². The van der Waals surface area contributed by atoms with Crippen LogP contribution in [0.4, 0.5) is 5.13 Å².